The second-order valence-electron chi connectivity index (χ2n) is 3.18. The Labute approximate surface area is 75.7 Å². The van der Waals surface area contributed by atoms with E-state index in [0.717, 1.165) is 19.4 Å². The van der Waals surface area contributed by atoms with Crippen molar-refractivity contribution in [3.05, 3.63) is 0 Å². The number of ether oxygens (including phenoxy) is 1. The quantitative estimate of drug-likeness (QED) is 0.683. The molecule has 1 rings (SSSR count). The first-order valence-corrected chi connectivity index (χ1v) is 4.47. The van der Waals surface area contributed by atoms with Gasteiger partial charge in [0.25, 0.3) is 0 Å². The zero-order valence-corrected chi connectivity index (χ0v) is 7.60. The monoisotopic (exact) mass is 197 g/mol. The number of alkyl halides is 3. The highest BCUT2D eigenvalue weighted by atomic mass is 19.4. The van der Waals surface area contributed by atoms with Gasteiger partial charge in [0.2, 0.25) is 0 Å². The second-order valence-corrected chi connectivity index (χ2v) is 3.18. The molecular formula is C8H14F3NO. The third kappa shape index (κ3) is 3.52. The highest BCUT2D eigenvalue weighted by molar-refractivity contribution is 4.80. The summed E-state index contributed by atoms with van der Waals surface area (Å²) in [7, 11) is 0. The number of halogens is 3. The fourth-order valence-corrected chi connectivity index (χ4v) is 1.53. The molecule has 1 aliphatic heterocycles. The molecule has 0 radical (unpaired) electrons. The molecule has 1 aliphatic rings. The first kappa shape index (κ1) is 10.8. The Balaban J connectivity index is 2.06. The van der Waals surface area contributed by atoms with Gasteiger partial charge in [-0.05, 0) is 12.8 Å². The molecule has 1 saturated heterocycles. The third-order valence-corrected chi connectivity index (χ3v) is 2.38. The maximum absolute atomic E-state index is 11.6. The van der Waals surface area contributed by atoms with Crippen LogP contribution in [-0.4, -0.2) is 37.0 Å². The maximum Gasteiger partial charge on any atom is 0.522 e. The summed E-state index contributed by atoms with van der Waals surface area (Å²) in [5.74, 6) is 0. The van der Waals surface area contributed by atoms with Gasteiger partial charge < -0.3 is 0 Å². The number of hydrogen-bond acceptors (Lipinski definition) is 2. The van der Waals surface area contributed by atoms with Crippen molar-refractivity contribution in [1.82, 2.24) is 4.90 Å². The molecule has 0 aromatic heterocycles. The summed E-state index contributed by atoms with van der Waals surface area (Å²) in [6, 6.07) is 0.469. The number of hydrogen-bond donors (Lipinski definition) is 0. The molecule has 13 heavy (non-hydrogen) atoms. The highest BCUT2D eigenvalue weighted by Crippen LogP contribution is 2.21. The zero-order valence-electron chi connectivity index (χ0n) is 7.60. The van der Waals surface area contributed by atoms with E-state index in [1.807, 2.05) is 11.8 Å². The van der Waals surface area contributed by atoms with Gasteiger partial charge in [-0.2, -0.15) is 0 Å². The Bertz CT molecular complexity index is 158. The number of nitrogens with zero attached hydrogens (tertiary/aromatic N) is 1. The predicted molar refractivity (Wildman–Crippen MR) is 42.3 cm³/mol. The van der Waals surface area contributed by atoms with Crippen LogP contribution in [-0.2, 0) is 4.74 Å². The van der Waals surface area contributed by atoms with E-state index in [-0.39, 0.29) is 6.61 Å². The summed E-state index contributed by atoms with van der Waals surface area (Å²) >= 11 is 0. The van der Waals surface area contributed by atoms with Gasteiger partial charge in [-0.15, -0.1) is 13.2 Å². The van der Waals surface area contributed by atoms with Gasteiger partial charge in [-0.3, -0.25) is 9.64 Å². The minimum Gasteiger partial charge on any atom is -0.298 e. The van der Waals surface area contributed by atoms with Gasteiger partial charge >= 0.3 is 6.36 Å². The smallest absolute Gasteiger partial charge is 0.298 e. The molecule has 5 heteroatoms. The van der Waals surface area contributed by atoms with E-state index in [1.54, 1.807) is 0 Å². The molecule has 2 nitrogen and oxygen atoms in total. The largest absolute Gasteiger partial charge is 0.522 e. The summed E-state index contributed by atoms with van der Waals surface area (Å²) in [4.78, 5) is 2.02. The maximum atomic E-state index is 11.6. The van der Waals surface area contributed by atoms with Crippen molar-refractivity contribution in [2.24, 2.45) is 0 Å². The molecule has 0 N–H and O–H groups in total. The topological polar surface area (TPSA) is 12.5 Å². The Morgan fingerprint density at radius 2 is 2.15 bits per heavy atom. The SMILES string of the molecule is CC[C@@H]1CCN1CCOC(F)(F)F. The van der Waals surface area contributed by atoms with E-state index < -0.39 is 6.36 Å². The van der Waals surface area contributed by atoms with Crippen molar-refractivity contribution >= 4 is 0 Å². The lowest BCUT2D eigenvalue weighted by Gasteiger charge is -2.40. The van der Waals surface area contributed by atoms with Crippen molar-refractivity contribution in [3.63, 3.8) is 0 Å². The van der Waals surface area contributed by atoms with Crippen molar-refractivity contribution in [2.45, 2.75) is 32.2 Å². The summed E-state index contributed by atoms with van der Waals surface area (Å²) < 4.78 is 38.4. The number of likely N-dealkylation sites (tertiary alicyclic amines) is 1. The van der Waals surface area contributed by atoms with Gasteiger partial charge in [0.05, 0.1) is 6.61 Å². The lowest BCUT2D eigenvalue weighted by atomic mass is 10.0. The molecule has 0 aliphatic carbocycles. The van der Waals surface area contributed by atoms with Gasteiger partial charge in [0, 0.05) is 19.1 Å². The molecule has 0 aromatic rings. The van der Waals surface area contributed by atoms with Crippen LogP contribution in [0.4, 0.5) is 13.2 Å². The van der Waals surface area contributed by atoms with Crippen LogP contribution in [0.3, 0.4) is 0 Å². The molecule has 78 valence electrons. The van der Waals surface area contributed by atoms with Crippen molar-refractivity contribution in [1.29, 1.82) is 0 Å². The summed E-state index contributed by atoms with van der Waals surface area (Å²) in [5.41, 5.74) is 0. The minimum atomic E-state index is -4.48. The standard InChI is InChI=1S/C8H14F3NO/c1-2-7-3-4-12(7)5-6-13-8(9,10)11/h7H,2-6H2,1H3/t7-/m1/s1. The van der Waals surface area contributed by atoms with E-state index in [0.29, 0.717) is 12.6 Å². The van der Waals surface area contributed by atoms with Crippen LogP contribution in [0, 0.1) is 0 Å². The molecule has 0 aromatic carbocycles. The first-order chi connectivity index (χ1) is 6.03. The Hall–Kier alpha value is -0.290. The summed E-state index contributed by atoms with van der Waals surface area (Å²) in [6.45, 7) is 3.08. The average Bonchev–Trinajstić information content (AvgIpc) is 1.95. The number of rotatable bonds is 4. The van der Waals surface area contributed by atoms with Crippen LogP contribution in [0.1, 0.15) is 19.8 Å². The Morgan fingerprint density at radius 3 is 2.54 bits per heavy atom. The van der Waals surface area contributed by atoms with Crippen molar-refractivity contribution in [3.8, 4) is 0 Å². The molecule has 0 amide bonds. The fourth-order valence-electron chi connectivity index (χ4n) is 1.53. The average molecular weight is 197 g/mol. The lowest BCUT2D eigenvalue weighted by Crippen LogP contribution is -2.48. The van der Waals surface area contributed by atoms with Gasteiger partial charge in [-0.25, -0.2) is 0 Å². The van der Waals surface area contributed by atoms with Crippen LogP contribution in [0.2, 0.25) is 0 Å². The van der Waals surface area contributed by atoms with Crippen LogP contribution in [0.25, 0.3) is 0 Å². The van der Waals surface area contributed by atoms with E-state index in [1.165, 1.54) is 0 Å². The molecule has 0 unspecified atom stereocenters. The van der Waals surface area contributed by atoms with E-state index in [9.17, 15) is 13.2 Å². The predicted octanol–water partition coefficient (Wildman–Crippen LogP) is 2.01. The molecule has 1 heterocycles. The normalized spacial score (nSPS) is 24.5. The molecular weight excluding hydrogens is 183 g/mol. The van der Waals surface area contributed by atoms with Gasteiger partial charge in [0.15, 0.2) is 0 Å². The van der Waals surface area contributed by atoms with Crippen molar-refractivity contribution in [2.75, 3.05) is 19.7 Å². The second kappa shape index (κ2) is 4.28. The molecule has 1 fully saturated rings. The Kier molecular flexibility index (Phi) is 3.55. The van der Waals surface area contributed by atoms with Crippen LogP contribution in [0.15, 0.2) is 0 Å². The Morgan fingerprint density at radius 1 is 1.46 bits per heavy atom. The molecule has 0 spiro atoms. The molecule has 1 atom stereocenters. The fraction of sp³-hybridized carbons (Fsp3) is 1.00. The first-order valence-electron chi connectivity index (χ1n) is 4.47. The van der Waals surface area contributed by atoms with E-state index in [4.69, 9.17) is 0 Å². The van der Waals surface area contributed by atoms with Gasteiger partial charge in [-0.1, -0.05) is 6.92 Å². The third-order valence-electron chi connectivity index (χ3n) is 2.38. The summed E-state index contributed by atoms with van der Waals surface area (Å²) in [5, 5.41) is 0. The van der Waals surface area contributed by atoms with Gasteiger partial charge in [0.1, 0.15) is 0 Å². The molecule has 0 saturated carbocycles. The lowest BCUT2D eigenvalue weighted by molar-refractivity contribution is -0.325. The zero-order chi connectivity index (χ0) is 9.90. The summed E-state index contributed by atoms with van der Waals surface area (Å²) in [6.07, 6.45) is -2.37. The minimum absolute atomic E-state index is 0.250. The van der Waals surface area contributed by atoms with Crippen molar-refractivity contribution < 1.29 is 17.9 Å². The van der Waals surface area contributed by atoms with Crippen LogP contribution < -0.4 is 0 Å². The van der Waals surface area contributed by atoms with Crippen LogP contribution >= 0.6 is 0 Å². The van der Waals surface area contributed by atoms with E-state index >= 15 is 0 Å². The molecule has 0 bridgehead atoms. The highest BCUT2D eigenvalue weighted by Gasteiger charge is 2.31. The van der Waals surface area contributed by atoms with E-state index in [2.05, 4.69) is 4.74 Å². The van der Waals surface area contributed by atoms with Crippen LogP contribution in [0.5, 0.6) is 0 Å².